The van der Waals surface area contributed by atoms with E-state index in [1.165, 1.54) is 43.6 Å². The minimum atomic E-state index is 0.600. The predicted octanol–water partition coefficient (Wildman–Crippen LogP) is 15.0. The highest BCUT2D eigenvalue weighted by Crippen LogP contribution is 2.42. The molecule has 0 bridgehead atoms. The highest BCUT2D eigenvalue weighted by molar-refractivity contribution is 6.14. The molecule has 0 aliphatic heterocycles. The molecule has 9 aromatic carbocycles. The van der Waals surface area contributed by atoms with Gasteiger partial charge in [-0.25, -0.2) is 4.98 Å². The molecule has 0 amide bonds. The van der Waals surface area contributed by atoms with E-state index in [2.05, 4.69) is 218 Å². The Morgan fingerprint density at radius 2 is 0.682 bits per heavy atom. The van der Waals surface area contributed by atoms with E-state index in [0.29, 0.717) is 5.56 Å². The van der Waals surface area contributed by atoms with Gasteiger partial charge in [-0.1, -0.05) is 127 Å². The first-order valence-corrected chi connectivity index (χ1v) is 22.3. The van der Waals surface area contributed by atoms with E-state index >= 15 is 0 Å². The summed E-state index contributed by atoms with van der Waals surface area (Å²) in [5, 5.41) is 20.1. The van der Waals surface area contributed by atoms with Crippen LogP contribution in [0.1, 0.15) is 5.56 Å². The zero-order valence-corrected chi connectivity index (χ0v) is 35.5. The summed E-state index contributed by atoms with van der Waals surface area (Å²) in [4.78, 5) is 5.36. The van der Waals surface area contributed by atoms with E-state index in [4.69, 9.17) is 4.98 Å². The molecule has 306 valence electrons. The molecule has 66 heavy (non-hydrogen) atoms. The van der Waals surface area contributed by atoms with Gasteiger partial charge in [-0.05, 0) is 84.9 Å². The van der Waals surface area contributed by atoms with Crippen molar-refractivity contribution in [1.29, 1.82) is 5.26 Å². The molecule has 0 fully saturated rings. The highest BCUT2D eigenvalue weighted by atomic mass is 15.1. The molecular weight excluding hydrogens is 805 g/mol. The zero-order chi connectivity index (χ0) is 43.5. The van der Waals surface area contributed by atoms with Gasteiger partial charge in [0.1, 0.15) is 5.82 Å². The van der Waals surface area contributed by atoms with Crippen molar-refractivity contribution in [2.45, 2.75) is 0 Å². The summed E-state index contributed by atoms with van der Waals surface area (Å²) in [7, 11) is 0. The van der Waals surface area contributed by atoms with E-state index in [1.54, 1.807) is 0 Å². The van der Waals surface area contributed by atoms with Gasteiger partial charge in [0.25, 0.3) is 0 Å². The number of hydrogen-bond acceptors (Lipinski definition) is 2. The first-order chi connectivity index (χ1) is 32.7. The summed E-state index contributed by atoms with van der Waals surface area (Å²) >= 11 is 0. The molecule has 0 aliphatic carbocycles. The van der Waals surface area contributed by atoms with Gasteiger partial charge in [-0.3, -0.25) is 4.57 Å². The lowest BCUT2D eigenvalue weighted by Crippen LogP contribution is -2.04. The molecule has 0 spiro atoms. The van der Waals surface area contributed by atoms with Crippen molar-refractivity contribution < 1.29 is 0 Å². The monoisotopic (exact) mass is 840 g/mol. The average Bonchev–Trinajstić information content (AvgIpc) is 4.11. The van der Waals surface area contributed by atoms with Crippen molar-refractivity contribution in [3.8, 4) is 40.1 Å². The number of hydrogen-bond donors (Lipinski definition) is 0. The van der Waals surface area contributed by atoms with Crippen LogP contribution in [0.15, 0.2) is 219 Å². The molecule has 14 rings (SSSR count). The molecule has 0 aliphatic rings. The van der Waals surface area contributed by atoms with Gasteiger partial charge in [-0.2, -0.15) is 5.26 Å². The fourth-order valence-electron chi connectivity index (χ4n) is 10.9. The third kappa shape index (κ3) is 5.08. The van der Waals surface area contributed by atoms with Gasteiger partial charge in [0.05, 0.1) is 67.7 Å². The van der Waals surface area contributed by atoms with Crippen LogP contribution in [0.5, 0.6) is 0 Å². The largest absolute Gasteiger partial charge is 0.309 e. The average molecular weight is 841 g/mol. The van der Waals surface area contributed by atoms with Crippen LogP contribution >= 0.6 is 0 Å². The quantitative estimate of drug-likeness (QED) is 0.173. The number of pyridine rings is 1. The van der Waals surface area contributed by atoms with E-state index in [-0.39, 0.29) is 0 Å². The van der Waals surface area contributed by atoms with Gasteiger partial charge in [-0.15, -0.1) is 0 Å². The second-order valence-corrected chi connectivity index (χ2v) is 17.1. The second-order valence-electron chi connectivity index (χ2n) is 17.1. The topological polar surface area (TPSA) is 56.4 Å². The van der Waals surface area contributed by atoms with Crippen LogP contribution in [0.3, 0.4) is 0 Å². The normalized spacial score (nSPS) is 11.9. The molecule has 6 heteroatoms. The number of nitriles is 1. The van der Waals surface area contributed by atoms with E-state index < -0.39 is 0 Å². The zero-order valence-electron chi connectivity index (χ0n) is 35.5. The number of benzene rings is 9. The molecular formula is C60H36N6. The molecule has 0 atom stereocenters. The van der Waals surface area contributed by atoms with Gasteiger partial charge in [0.15, 0.2) is 0 Å². The summed E-state index contributed by atoms with van der Waals surface area (Å²) in [5.74, 6) is 0.770. The Morgan fingerprint density at radius 3 is 1.15 bits per heavy atom. The summed E-state index contributed by atoms with van der Waals surface area (Å²) in [5.41, 5.74) is 14.4. The van der Waals surface area contributed by atoms with Gasteiger partial charge in [0.2, 0.25) is 0 Å². The standard InChI is InChI=1S/C60H36N6/c61-36-38-15-1-2-16-41(38)50-35-60(66-56-28-14-8-22-47(56)49-34-40(30-32-58(49)66)64-53-25-11-5-19-44(53)45-20-6-12-26-54(45)64)62-37-59(50)65-55-27-13-7-21-46(55)48-33-39(29-31-57(48)65)63-51-23-9-3-17-42(51)43-18-4-10-24-52(43)63/h1-35,37H. The van der Waals surface area contributed by atoms with Crippen molar-refractivity contribution in [2.24, 2.45) is 0 Å². The fraction of sp³-hybridized carbons (Fsp3) is 0. The fourth-order valence-corrected chi connectivity index (χ4v) is 10.9. The highest BCUT2D eigenvalue weighted by Gasteiger charge is 2.23. The lowest BCUT2D eigenvalue weighted by atomic mass is 9.99. The summed E-state index contributed by atoms with van der Waals surface area (Å²) in [6.07, 6.45) is 2.00. The lowest BCUT2D eigenvalue weighted by Gasteiger charge is -2.17. The van der Waals surface area contributed by atoms with Crippen molar-refractivity contribution >= 4 is 87.2 Å². The SMILES string of the molecule is N#Cc1ccccc1-c1cc(-n2c3ccccc3c3cc(-n4c5ccccc5c5ccccc54)ccc32)ncc1-n1c2ccccc2c2cc(-n3c4ccccc4c4ccccc43)ccc21. The number of rotatable bonds is 5. The summed E-state index contributed by atoms with van der Waals surface area (Å²) < 4.78 is 9.34. The molecule has 6 nitrogen and oxygen atoms in total. The number of nitrogens with zero attached hydrogens (tertiary/aromatic N) is 6. The molecule has 0 saturated carbocycles. The Kier molecular flexibility index (Phi) is 7.65. The van der Waals surface area contributed by atoms with Crippen LogP contribution in [-0.4, -0.2) is 23.3 Å². The van der Waals surface area contributed by atoms with Crippen LogP contribution in [0.25, 0.3) is 121 Å². The van der Waals surface area contributed by atoms with Crippen LogP contribution in [0.2, 0.25) is 0 Å². The Labute approximate surface area is 378 Å². The van der Waals surface area contributed by atoms with Crippen molar-refractivity contribution in [2.75, 3.05) is 0 Å². The van der Waals surface area contributed by atoms with Crippen LogP contribution < -0.4 is 0 Å². The number of para-hydroxylation sites is 6. The Balaban J connectivity index is 1.00. The number of aromatic nitrogens is 5. The van der Waals surface area contributed by atoms with Crippen LogP contribution in [0, 0.1) is 11.3 Å². The molecule has 14 aromatic rings. The Morgan fingerprint density at radius 1 is 0.318 bits per heavy atom. The maximum absolute atomic E-state index is 10.6. The van der Waals surface area contributed by atoms with E-state index in [1.807, 2.05) is 24.4 Å². The van der Waals surface area contributed by atoms with Crippen molar-refractivity contribution in [3.05, 3.63) is 224 Å². The van der Waals surface area contributed by atoms with Gasteiger partial charge in [0, 0.05) is 65.6 Å². The third-order valence-electron chi connectivity index (χ3n) is 13.7. The molecule has 0 saturated heterocycles. The van der Waals surface area contributed by atoms with Crippen LogP contribution in [0.4, 0.5) is 0 Å². The van der Waals surface area contributed by atoms with Crippen molar-refractivity contribution in [1.82, 2.24) is 23.3 Å². The Bertz CT molecular complexity index is 4270. The van der Waals surface area contributed by atoms with E-state index in [9.17, 15) is 5.26 Å². The molecule has 0 radical (unpaired) electrons. The first kappa shape index (κ1) is 36.3. The number of fused-ring (bicyclic) bond motifs is 12. The van der Waals surface area contributed by atoms with E-state index in [0.717, 1.165) is 77.6 Å². The van der Waals surface area contributed by atoms with Gasteiger partial charge < -0.3 is 13.7 Å². The smallest absolute Gasteiger partial charge is 0.138 e. The maximum atomic E-state index is 10.6. The minimum absolute atomic E-state index is 0.600. The first-order valence-electron chi connectivity index (χ1n) is 22.3. The van der Waals surface area contributed by atoms with Crippen molar-refractivity contribution in [3.63, 3.8) is 0 Å². The molecule has 0 N–H and O–H groups in total. The second kappa shape index (κ2) is 13.9. The molecule has 0 unspecified atom stereocenters. The van der Waals surface area contributed by atoms with Crippen LogP contribution in [-0.2, 0) is 0 Å². The molecule has 5 heterocycles. The lowest BCUT2D eigenvalue weighted by molar-refractivity contribution is 1.05. The predicted molar refractivity (Wildman–Crippen MR) is 272 cm³/mol. The summed E-state index contributed by atoms with van der Waals surface area (Å²) in [6.45, 7) is 0. The maximum Gasteiger partial charge on any atom is 0.138 e. The minimum Gasteiger partial charge on any atom is -0.309 e. The molecule has 5 aromatic heterocycles. The third-order valence-corrected chi connectivity index (χ3v) is 13.7. The Hall–Kier alpha value is -9.18. The van der Waals surface area contributed by atoms with Gasteiger partial charge >= 0.3 is 0 Å². The summed E-state index contributed by atoms with van der Waals surface area (Å²) in [6, 6.07) is 77.9.